The number of aliphatic hydroxyl groups is 1. The van der Waals surface area contributed by atoms with Crippen molar-refractivity contribution in [2.45, 2.75) is 19.8 Å². The van der Waals surface area contributed by atoms with Crippen LogP contribution in [0.25, 0.3) is 6.08 Å². The molecule has 2 N–H and O–H groups in total. The number of hydrogen-bond acceptors (Lipinski definition) is 7. The van der Waals surface area contributed by atoms with E-state index in [2.05, 4.69) is 11.9 Å². The molecule has 7 heteroatoms. The number of Topliss-reactive ketones (excluding diaryl/α,β-unsaturated/α-hetero) is 3. The third-order valence-corrected chi connectivity index (χ3v) is 5.51. The van der Waals surface area contributed by atoms with Gasteiger partial charge >= 0.3 is 5.97 Å². The lowest BCUT2D eigenvalue weighted by Crippen LogP contribution is -2.16. The standard InChI is InChI=1S/C26H21NO6/c1-3-22(30)33-10-4-5-20(28)15-7-8-17-18(12-15)26(32)23(25(17)31)24-21(29)13-16-11-14(2)6-9-19(16)27-24/h3,6-9,11-13,27,29H,1,4-5,10H2,2H3/b24-23+. The Morgan fingerprint density at radius 1 is 1.09 bits per heavy atom. The van der Waals surface area contributed by atoms with Crippen molar-refractivity contribution in [2.24, 2.45) is 0 Å². The molecule has 4 rings (SSSR count). The quantitative estimate of drug-likeness (QED) is 0.225. The van der Waals surface area contributed by atoms with Crippen LogP contribution < -0.4 is 5.32 Å². The molecule has 1 aliphatic carbocycles. The fraction of sp³-hybridized carbons (Fsp3) is 0.154. The van der Waals surface area contributed by atoms with E-state index in [1.54, 1.807) is 0 Å². The number of allylic oxidation sites excluding steroid dienone is 1. The Kier molecular flexibility index (Phi) is 5.79. The van der Waals surface area contributed by atoms with Crippen molar-refractivity contribution >= 4 is 35.1 Å². The average molecular weight is 443 g/mol. The highest BCUT2D eigenvalue weighted by Gasteiger charge is 2.38. The summed E-state index contributed by atoms with van der Waals surface area (Å²) >= 11 is 0. The Hall–Kier alpha value is -4.26. The van der Waals surface area contributed by atoms with Crippen LogP contribution in [0.3, 0.4) is 0 Å². The average Bonchev–Trinajstić information content (AvgIpc) is 3.05. The van der Waals surface area contributed by atoms with Gasteiger partial charge in [-0.15, -0.1) is 0 Å². The van der Waals surface area contributed by atoms with Crippen LogP contribution in [0, 0.1) is 6.92 Å². The van der Waals surface area contributed by atoms with Crippen molar-refractivity contribution in [3.8, 4) is 0 Å². The maximum Gasteiger partial charge on any atom is 0.330 e. The Morgan fingerprint density at radius 2 is 1.85 bits per heavy atom. The number of carbonyl (C=O) groups excluding carboxylic acids is 4. The third-order valence-electron chi connectivity index (χ3n) is 5.51. The van der Waals surface area contributed by atoms with Crippen LogP contribution in [0.4, 0.5) is 5.69 Å². The zero-order valence-electron chi connectivity index (χ0n) is 17.9. The molecule has 0 radical (unpaired) electrons. The summed E-state index contributed by atoms with van der Waals surface area (Å²) in [4.78, 5) is 49.7. The lowest BCUT2D eigenvalue weighted by Gasteiger charge is -2.20. The first-order valence-electron chi connectivity index (χ1n) is 10.4. The first kappa shape index (κ1) is 22.0. The zero-order valence-corrected chi connectivity index (χ0v) is 17.9. The Morgan fingerprint density at radius 3 is 2.61 bits per heavy atom. The van der Waals surface area contributed by atoms with Gasteiger partial charge in [0.2, 0.25) is 0 Å². The van der Waals surface area contributed by atoms with Gasteiger partial charge in [-0.2, -0.15) is 0 Å². The molecule has 0 saturated carbocycles. The van der Waals surface area contributed by atoms with Crippen LogP contribution >= 0.6 is 0 Å². The first-order chi connectivity index (χ1) is 15.8. The lowest BCUT2D eigenvalue weighted by molar-refractivity contribution is -0.137. The molecule has 0 amide bonds. The van der Waals surface area contributed by atoms with Gasteiger partial charge < -0.3 is 15.2 Å². The highest BCUT2D eigenvalue weighted by Crippen LogP contribution is 2.35. The third kappa shape index (κ3) is 4.13. The van der Waals surface area contributed by atoms with Crippen LogP contribution in [0.1, 0.15) is 55.0 Å². The number of hydrogen-bond donors (Lipinski definition) is 2. The minimum atomic E-state index is -0.559. The van der Waals surface area contributed by atoms with E-state index in [1.165, 1.54) is 24.3 Å². The van der Waals surface area contributed by atoms with E-state index in [9.17, 15) is 24.3 Å². The molecule has 0 unspecified atom stereocenters. The van der Waals surface area contributed by atoms with E-state index < -0.39 is 17.5 Å². The van der Waals surface area contributed by atoms with Crippen molar-refractivity contribution in [3.05, 3.63) is 93.9 Å². The molecule has 0 bridgehead atoms. The fourth-order valence-corrected chi connectivity index (χ4v) is 3.84. The monoisotopic (exact) mass is 443 g/mol. The molecule has 1 heterocycles. The number of anilines is 1. The molecule has 0 atom stereocenters. The number of ketones is 3. The van der Waals surface area contributed by atoms with Crippen molar-refractivity contribution in [1.29, 1.82) is 0 Å². The minimum Gasteiger partial charge on any atom is -0.506 e. The molecule has 1 aliphatic heterocycles. The van der Waals surface area contributed by atoms with Crippen LogP contribution in [-0.2, 0) is 9.53 Å². The van der Waals surface area contributed by atoms with Crippen LogP contribution in [0.2, 0.25) is 0 Å². The highest BCUT2D eigenvalue weighted by molar-refractivity contribution is 6.40. The van der Waals surface area contributed by atoms with Gasteiger partial charge in [0.25, 0.3) is 0 Å². The van der Waals surface area contributed by atoms with Crippen LogP contribution in [-0.4, -0.2) is 35.0 Å². The molecular weight excluding hydrogens is 422 g/mol. The predicted octanol–water partition coefficient (Wildman–Crippen LogP) is 4.34. The second-order valence-corrected chi connectivity index (χ2v) is 7.81. The number of aliphatic hydroxyl groups excluding tert-OH is 1. The summed E-state index contributed by atoms with van der Waals surface area (Å²) in [5.41, 5.74) is 2.91. The number of aryl methyl sites for hydroxylation is 1. The fourth-order valence-electron chi connectivity index (χ4n) is 3.84. The maximum absolute atomic E-state index is 13.1. The minimum absolute atomic E-state index is 0.0504. The van der Waals surface area contributed by atoms with Gasteiger partial charge in [0.15, 0.2) is 17.3 Å². The molecule has 0 saturated heterocycles. The number of benzene rings is 2. The summed E-state index contributed by atoms with van der Waals surface area (Å²) < 4.78 is 4.86. The van der Waals surface area contributed by atoms with E-state index in [0.717, 1.165) is 17.2 Å². The largest absolute Gasteiger partial charge is 0.506 e. The van der Waals surface area contributed by atoms with Crippen LogP contribution in [0.15, 0.2) is 66.1 Å². The van der Waals surface area contributed by atoms with Gasteiger partial charge in [-0.25, -0.2) is 4.79 Å². The molecule has 0 aromatic heterocycles. The van der Waals surface area contributed by atoms with Gasteiger partial charge in [0.05, 0.1) is 17.9 Å². The van der Waals surface area contributed by atoms with Crippen molar-refractivity contribution in [3.63, 3.8) is 0 Å². The maximum atomic E-state index is 13.1. The number of rotatable bonds is 6. The summed E-state index contributed by atoms with van der Waals surface area (Å²) in [6.07, 6.45) is 2.99. The second kappa shape index (κ2) is 8.70. The summed E-state index contributed by atoms with van der Waals surface area (Å²) in [6, 6.07) is 9.93. The molecular formula is C26H21NO6. The summed E-state index contributed by atoms with van der Waals surface area (Å²) in [5, 5.41) is 13.5. The number of ether oxygens (including phenoxy) is 1. The first-order valence-corrected chi connectivity index (χ1v) is 10.4. The van der Waals surface area contributed by atoms with Crippen molar-refractivity contribution in [1.82, 2.24) is 0 Å². The van der Waals surface area contributed by atoms with Crippen LogP contribution in [0.5, 0.6) is 0 Å². The predicted molar refractivity (Wildman–Crippen MR) is 122 cm³/mol. The second-order valence-electron chi connectivity index (χ2n) is 7.81. The van der Waals surface area contributed by atoms with Gasteiger partial charge in [-0.1, -0.05) is 24.3 Å². The zero-order chi connectivity index (χ0) is 23.7. The Balaban J connectivity index is 1.58. The van der Waals surface area contributed by atoms with E-state index in [1.807, 2.05) is 25.1 Å². The van der Waals surface area contributed by atoms with E-state index in [4.69, 9.17) is 4.74 Å². The topological polar surface area (TPSA) is 110 Å². The van der Waals surface area contributed by atoms with E-state index >= 15 is 0 Å². The van der Waals surface area contributed by atoms with Gasteiger partial charge in [-0.3, -0.25) is 14.4 Å². The summed E-state index contributed by atoms with van der Waals surface area (Å²) in [5.74, 6) is -2.07. The Labute approximate surface area is 190 Å². The molecule has 33 heavy (non-hydrogen) atoms. The van der Waals surface area contributed by atoms with Gasteiger partial charge in [0, 0.05) is 40.4 Å². The highest BCUT2D eigenvalue weighted by atomic mass is 16.5. The summed E-state index contributed by atoms with van der Waals surface area (Å²) in [6.45, 7) is 5.30. The van der Waals surface area contributed by atoms with E-state index in [0.29, 0.717) is 12.1 Å². The molecule has 166 valence electrons. The SMILES string of the molecule is C=CC(=O)OCCCC(=O)c1ccc2c(c1)C(=O)/C(=C1/Nc3ccc(C)cc3C=C1O)C2=O. The van der Waals surface area contributed by atoms with Crippen molar-refractivity contribution in [2.75, 3.05) is 11.9 Å². The van der Waals surface area contributed by atoms with Gasteiger partial charge in [0.1, 0.15) is 5.76 Å². The molecule has 2 aromatic rings. The molecule has 0 spiro atoms. The Bertz CT molecular complexity index is 1300. The number of nitrogens with one attached hydrogen (secondary N) is 1. The molecule has 2 aliphatic rings. The summed E-state index contributed by atoms with van der Waals surface area (Å²) in [7, 11) is 0. The normalized spacial score (nSPS) is 16.5. The number of fused-ring (bicyclic) bond motifs is 2. The number of esters is 1. The molecule has 2 aromatic carbocycles. The molecule has 0 fully saturated rings. The number of carbonyl (C=O) groups is 4. The lowest BCUT2D eigenvalue weighted by atomic mass is 10.00. The molecule has 7 nitrogen and oxygen atoms in total. The van der Waals surface area contributed by atoms with E-state index in [-0.39, 0.29) is 52.5 Å². The van der Waals surface area contributed by atoms with Gasteiger partial charge in [-0.05, 0) is 43.7 Å². The smallest absolute Gasteiger partial charge is 0.330 e. The van der Waals surface area contributed by atoms with Crippen molar-refractivity contribution < 1.29 is 29.0 Å².